The van der Waals surface area contributed by atoms with Crippen molar-refractivity contribution in [3.63, 3.8) is 0 Å². The third kappa shape index (κ3) is 3.21. The molecule has 0 aliphatic rings. The molecule has 5 nitrogen and oxygen atoms in total. The maximum atomic E-state index is 5.26. The van der Waals surface area contributed by atoms with Gasteiger partial charge >= 0.3 is 0 Å². The standard InChI is InChI=1S/C15H16N4OS/c1-3-6-13-18-14(20-19-13)9-21-15-11-7-4-5-8-12(11)16-10(2)17-15/h4-5,7-8H,3,6,9H2,1-2H3. The minimum absolute atomic E-state index is 0.622. The molecule has 108 valence electrons. The first kappa shape index (κ1) is 14.0. The van der Waals surface area contributed by atoms with E-state index >= 15 is 0 Å². The van der Waals surface area contributed by atoms with E-state index in [0.717, 1.165) is 40.4 Å². The fourth-order valence-corrected chi connectivity index (χ4v) is 2.97. The summed E-state index contributed by atoms with van der Waals surface area (Å²) >= 11 is 1.60. The van der Waals surface area contributed by atoms with Crippen molar-refractivity contribution < 1.29 is 4.52 Å². The smallest absolute Gasteiger partial charge is 0.237 e. The number of aromatic nitrogens is 4. The van der Waals surface area contributed by atoms with Crippen LogP contribution < -0.4 is 0 Å². The van der Waals surface area contributed by atoms with Crippen LogP contribution in [0.3, 0.4) is 0 Å². The number of para-hydroxylation sites is 1. The van der Waals surface area contributed by atoms with Crippen LogP contribution in [0, 0.1) is 6.92 Å². The number of hydrogen-bond acceptors (Lipinski definition) is 6. The predicted octanol–water partition coefficient (Wildman–Crippen LogP) is 3.57. The van der Waals surface area contributed by atoms with Gasteiger partial charge < -0.3 is 4.52 Å². The van der Waals surface area contributed by atoms with Crippen molar-refractivity contribution in [2.75, 3.05) is 0 Å². The largest absolute Gasteiger partial charge is 0.338 e. The molecule has 6 heteroatoms. The second-order valence-corrected chi connectivity index (χ2v) is 5.70. The molecule has 1 aromatic carbocycles. The van der Waals surface area contributed by atoms with E-state index in [-0.39, 0.29) is 0 Å². The van der Waals surface area contributed by atoms with Crippen molar-refractivity contribution >= 4 is 22.7 Å². The third-order valence-corrected chi connectivity index (χ3v) is 3.97. The quantitative estimate of drug-likeness (QED) is 0.530. The first-order valence-corrected chi connectivity index (χ1v) is 7.92. The van der Waals surface area contributed by atoms with Crippen LogP contribution in [-0.4, -0.2) is 20.1 Å². The molecule has 3 rings (SSSR count). The molecule has 2 aromatic heterocycles. The summed E-state index contributed by atoms with van der Waals surface area (Å²) in [6, 6.07) is 8.02. The number of thioether (sulfide) groups is 1. The molecule has 3 aromatic rings. The Morgan fingerprint density at radius 1 is 1.14 bits per heavy atom. The van der Waals surface area contributed by atoms with Crippen LogP contribution in [0.25, 0.3) is 10.9 Å². The molecule has 0 saturated carbocycles. The normalized spacial score (nSPS) is 11.1. The first-order chi connectivity index (χ1) is 10.3. The summed E-state index contributed by atoms with van der Waals surface area (Å²) < 4.78 is 5.26. The Kier molecular flexibility index (Phi) is 4.15. The minimum Gasteiger partial charge on any atom is -0.338 e. The van der Waals surface area contributed by atoms with Gasteiger partial charge in [0.1, 0.15) is 10.9 Å². The highest BCUT2D eigenvalue weighted by Crippen LogP contribution is 2.27. The lowest BCUT2D eigenvalue weighted by Crippen LogP contribution is -1.93. The van der Waals surface area contributed by atoms with Gasteiger partial charge in [0.15, 0.2) is 5.82 Å². The monoisotopic (exact) mass is 300 g/mol. The topological polar surface area (TPSA) is 64.7 Å². The van der Waals surface area contributed by atoms with Gasteiger partial charge in [0.2, 0.25) is 5.89 Å². The second kappa shape index (κ2) is 6.22. The van der Waals surface area contributed by atoms with Crippen LogP contribution in [0.2, 0.25) is 0 Å². The molecule has 0 unspecified atom stereocenters. The van der Waals surface area contributed by atoms with E-state index < -0.39 is 0 Å². The average molecular weight is 300 g/mol. The summed E-state index contributed by atoms with van der Waals surface area (Å²) in [5, 5.41) is 5.97. The van der Waals surface area contributed by atoms with E-state index in [4.69, 9.17) is 4.52 Å². The van der Waals surface area contributed by atoms with Crippen LogP contribution in [0.5, 0.6) is 0 Å². The molecule has 0 spiro atoms. The third-order valence-electron chi connectivity index (χ3n) is 3.00. The fourth-order valence-electron chi connectivity index (χ4n) is 2.07. The molecule has 0 saturated heterocycles. The summed E-state index contributed by atoms with van der Waals surface area (Å²) in [6.07, 6.45) is 1.87. The Morgan fingerprint density at radius 3 is 2.86 bits per heavy atom. The Balaban J connectivity index is 1.81. The van der Waals surface area contributed by atoms with Gasteiger partial charge in [0.05, 0.1) is 11.3 Å². The molecule has 0 aliphatic heterocycles. The van der Waals surface area contributed by atoms with E-state index in [1.807, 2.05) is 31.2 Å². The van der Waals surface area contributed by atoms with Crippen molar-refractivity contribution in [3.8, 4) is 0 Å². The zero-order valence-electron chi connectivity index (χ0n) is 12.0. The molecule has 2 heterocycles. The zero-order chi connectivity index (χ0) is 14.7. The maximum Gasteiger partial charge on any atom is 0.237 e. The van der Waals surface area contributed by atoms with E-state index in [2.05, 4.69) is 27.0 Å². The molecule has 0 amide bonds. The summed E-state index contributed by atoms with van der Waals surface area (Å²) in [7, 11) is 0. The van der Waals surface area contributed by atoms with Crippen molar-refractivity contribution in [3.05, 3.63) is 41.8 Å². The van der Waals surface area contributed by atoms with Crippen molar-refractivity contribution in [2.24, 2.45) is 0 Å². The average Bonchev–Trinajstić information content (AvgIpc) is 2.93. The summed E-state index contributed by atoms with van der Waals surface area (Å²) in [5.41, 5.74) is 0.963. The Hall–Kier alpha value is -1.95. The highest BCUT2D eigenvalue weighted by atomic mass is 32.2. The lowest BCUT2D eigenvalue weighted by Gasteiger charge is -2.04. The van der Waals surface area contributed by atoms with Crippen LogP contribution in [0.15, 0.2) is 33.8 Å². The molecule has 0 bridgehead atoms. The molecule has 0 radical (unpaired) electrons. The Labute approximate surface area is 127 Å². The fraction of sp³-hybridized carbons (Fsp3) is 0.333. The summed E-state index contributed by atoms with van der Waals surface area (Å²) in [5.74, 6) is 2.81. The van der Waals surface area contributed by atoms with E-state index in [1.165, 1.54) is 0 Å². The molecule has 0 atom stereocenters. The molecular formula is C15H16N4OS. The van der Waals surface area contributed by atoms with Crippen LogP contribution >= 0.6 is 11.8 Å². The second-order valence-electron chi connectivity index (χ2n) is 4.74. The van der Waals surface area contributed by atoms with Gasteiger partial charge in [-0.1, -0.05) is 42.0 Å². The van der Waals surface area contributed by atoms with Gasteiger partial charge in [-0.3, -0.25) is 0 Å². The summed E-state index contributed by atoms with van der Waals surface area (Å²) in [4.78, 5) is 13.3. The van der Waals surface area contributed by atoms with Gasteiger partial charge in [-0.25, -0.2) is 9.97 Å². The number of nitrogens with zero attached hydrogens (tertiary/aromatic N) is 4. The molecule has 0 N–H and O–H groups in total. The van der Waals surface area contributed by atoms with Crippen molar-refractivity contribution in [1.29, 1.82) is 0 Å². The summed E-state index contributed by atoms with van der Waals surface area (Å²) in [6.45, 7) is 4.00. The zero-order valence-corrected chi connectivity index (χ0v) is 12.9. The molecular weight excluding hydrogens is 284 g/mol. The SMILES string of the molecule is CCCc1noc(CSc2nc(C)nc3ccccc23)n1. The predicted molar refractivity (Wildman–Crippen MR) is 82.1 cm³/mol. The first-order valence-electron chi connectivity index (χ1n) is 6.94. The highest BCUT2D eigenvalue weighted by molar-refractivity contribution is 7.98. The molecule has 0 fully saturated rings. The lowest BCUT2D eigenvalue weighted by atomic mass is 10.2. The van der Waals surface area contributed by atoms with Crippen molar-refractivity contribution in [2.45, 2.75) is 37.5 Å². The Bertz CT molecular complexity index is 756. The van der Waals surface area contributed by atoms with Gasteiger partial charge in [-0.2, -0.15) is 4.98 Å². The maximum absolute atomic E-state index is 5.26. The highest BCUT2D eigenvalue weighted by Gasteiger charge is 2.10. The number of hydrogen-bond donors (Lipinski definition) is 0. The number of benzene rings is 1. The van der Waals surface area contributed by atoms with E-state index in [1.54, 1.807) is 11.8 Å². The number of aryl methyl sites for hydroxylation is 2. The van der Waals surface area contributed by atoms with Crippen molar-refractivity contribution in [1.82, 2.24) is 20.1 Å². The van der Waals surface area contributed by atoms with Gasteiger partial charge in [-0.05, 0) is 19.4 Å². The minimum atomic E-state index is 0.622. The van der Waals surface area contributed by atoms with Gasteiger partial charge in [-0.15, -0.1) is 0 Å². The van der Waals surface area contributed by atoms with Gasteiger partial charge in [0, 0.05) is 11.8 Å². The molecule has 0 aliphatic carbocycles. The lowest BCUT2D eigenvalue weighted by molar-refractivity contribution is 0.384. The Morgan fingerprint density at radius 2 is 2.00 bits per heavy atom. The molecule has 21 heavy (non-hydrogen) atoms. The van der Waals surface area contributed by atoms with Crippen LogP contribution in [0.4, 0.5) is 0 Å². The number of fused-ring (bicyclic) bond motifs is 1. The van der Waals surface area contributed by atoms with Crippen LogP contribution in [0.1, 0.15) is 30.9 Å². The van der Waals surface area contributed by atoms with Crippen LogP contribution in [-0.2, 0) is 12.2 Å². The number of rotatable bonds is 5. The van der Waals surface area contributed by atoms with Gasteiger partial charge in [0.25, 0.3) is 0 Å². The van der Waals surface area contributed by atoms with E-state index in [9.17, 15) is 0 Å². The van der Waals surface area contributed by atoms with E-state index in [0.29, 0.717) is 11.6 Å².